The van der Waals surface area contributed by atoms with Gasteiger partial charge in [0.25, 0.3) is 0 Å². The molecule has 1 aliphatic rings. The highest BCUT2D eigenvalue weighted by atomic mass is 35.5. The molecule has 1 heterocycles. The highest BCUT2D eigenvalue weighted by Gasteiger charge is 2.23. The third-order valence-corrected chi connectivity index (χ3v) is 4.16. The number of benzene rings is 1. The van der Waals surface area contributed by atoms with Crippen LogP contribution in [0, 0.1) is 0 Å². The second kappa shape index (κ2) is 5.91. The molecule has 18 heavy (non-hydrogen) atoms. The molecule has 0 aliphatic carbocycles. The number of phenols is 1. The minimum absolute atomic E-state index is 0.300. The summed E-state index contributed by atoms with van der Waals surface area (Å²) in [5.74, 6) is 0.300. The zero-order valence-corrected chi connectivity index (χ0v) is 11.8. The van der Waals surface area contributed by atoms with Crippen molar-refractivity contribution >= 4 is 11.6 Å². The van der Waals surface area contributed by atoms with Gasteiger partial charge in [-0.1, -0.05) is 24.6 Å². The van der Waals surface area contributed by atoms with Crippen molar-refractivity contribution < 1.29 is 5.11 Å². The topological polar surface area (TPSA) is 26.7 Å². The van der Waals surface area contributed by atoms with E-state index in [4.69, 9.17) is 11.6 Å². The van der Waals surface area contributed by atoms with Crippen LogP contribution in [0.2, 0.25) is 5.02 Å². The molecule has 0 bridgehead atoms. The van der Waals surface area contributed by atoms with Crippen LogP contribution in [0.5, 0.6) is 5.75 Å². The van der Waals surface area contributed by atoms with Crippen LogP contribution in [0.3, 0.4) is 0 Å². The SMILES string of the molecule is CCC1CN(Cc2c(O)cccc2Cl)CCN1C. The molecular weight excluding hydrogens is 248 g/mol. The van der Waals surface area contributed by atoms with Crippen LogP contribution in [-0.2, 0) is 6.54 Å². The third-order valence-electron chi connectivity index (χ3n) is 3.81. The van der Waals surface area contributed by atoms with Gasteiger partial charge in [0, 0.05) is 42.8 Å². The molecule has 100 valence electrons. The minimum Gasteiger partial charge on any atom is -0.508 e. The van der Waals surface area contributed by atoms with Crippen molar-refractivity contribution in [3.05, 3.63) is 28.8 Å². The molecule has 1 aromatic rings. The third kappa shape index (κ3) is 2.97. The summed E-state index contributed by atoms with van der Waals surface area (Å²) in [6.07, 6.45) is 1.15. The Bertz CT molecular complexity index is 391. The highest BCUT2D eigenvalue weighted by molar-refractivity contribution is 6.31. The summed E-state index contributed by atoms with van der Waals surface area (Å²) >= 11 is 6.15. The van der Waals surface area contributed by atoms with Gasteiger partial charge in [0.2, 0.25) is 0 Å². The fourth-order valence-corrected chi connectivity index (χ4v) is 2.75. The molecule has 1 unspecified atom stereocenters. The predicted octanol–water partition coefficient (Wildman–Crippen LogP) is 2.57. The number of phenolic OH excluding ortho intramolecular Hbond substituents is 1. The van der Waals surface area contributed by atoms with E-state index < -0.39 is 0 Å². The maximum atomic E-state index is 9.88. The summed E-state index contributed by atoms with van der Waals surface area (Å²) in [5, 5.41) is 10.5. The van der Waals surface area contributed by atoms with Crippen LogP contribution in [0.25, 0.3) is 0 Å². The van der Waals surface area contributed by atoms with Crippen molar-refractivity contribution in [2.75, 3.05) is 26.7 Å². The van der Waals surface area contributed by atoms with Crippen LogP contribution in [0.1, 0.15) is 18.9 Å². The number of likely N-dealkylation sites (N-methyl/N-ethyl adjacent to an activating group) is 1. The van der Waals surface area contributed by atoms with Gasteiger partial charge < -0.3 is 10.0 Å². The molecule has 1 fully saturated rings. The monoisotopic (exact) mass is 268 g/mol. The first kappa shape index (κ1) is 13.7. The number of piperazine rings is 1. The van der Waals surface area contributed by atoms with Gasteiger partial charge in [0.15, 0.2) is 0 Å². The van der Waals surface area contributed by atoms with Gasteiger partial charge in [-0.2, -0.15) is 0 Å². The first-order chi connectivity index (χ1) is 8.61. The average Bonchev–Trinajstić information content (AvgIpc) is 2.36. The largest absolute Gasteiger partial charge is 0.508 e. The Morgan fingerprint density at radius 2 is 2.17 bits per heavy atom. The highest BCUT2D eigenvalue weighted by Crippen LogP contribution is 2.27. The van der Waals surface area contributed by atoms with E-state index in [-0.39, 0.29) is 0 Å². The van der Waals surface area contributed by atoms with Crippen molar-refractivity contribution in [2.45, 2.75) is 25.9 Å². The van der Waals surface area contributed by atoms with Crippen LogP contribution in [0.15, 0.2) is 18.2 Å². The molecule has 1 atom stereocenters. The van der Waals surface area contributed by atoms with Gasteiger partial charge in [-0.05, 0) is 25.6 Å². The molecule has 3 nitrogen and oxygen atoms in total. The Hall–Kier alpha value is -0.770. The summed E-state index contributed by atoms with van der Waals surface area (Å²) in [6.45, 7) is 6.09. The fourth-order valence-electron chi connectivity index (χ4n) is 2.52. The van der Waals surface area contributed by atoms with Crippen molar-refractivity contribution in [2.24, 2.45) is 0 Å². The van der Waals surface area contributed by atoms with E-state index in [1.54, 1.807) is 12.1 Å². The van der Waals surface area contributed by atoms with Gasteiger partial charge in [-0.25, -0.2) is 0 Å². The number of hydrogen-bond acceptors (Lipinski definition) is 3. The van der Waals surface area contributed by atoms with Crippen LogP contribution < -0.4 is 0 Å². The van der Waals surface area contributed by atoms with Gasteiger partial charge >= 0.3 is 0 Å². The standard InChI is InChI=1S/C14H21ClN2O/c1-3-11-9-17(8-7-16(11)2)10-12-13(15)5-4-6-14(12)18/h4-6,11,18H,3,7-10H2,1-2H3. The Morgan fingerprint density at radius 1 is 1.39 bits per heavy atom. The zero-order chi connectivity index (χ0) is 13.1. The summed E-state index contributed by atoms with van der Waals surface area (Å²) in [6, 6.07) is 5.92. The lowest BCUT2D eigenvalue weighted by molar-refractivity contribution is 0.0878. The number of aromatic hydroxyl groups is 1. The van der Waals surface area contributed by atoms with Crippen molar-refractivity contribution in [3.8, 4) is 5.75 Å². The predicted molar refractivity (Wildman–Crippen MR) is 75.1 cm³/mol. The summed E-state index contributed by atoms with van der Waals surface area (Å²) < 4.78 is 0. The lowest BCUT2D eigenvalue weighted by Crippen LogP contribution is -2.50. The van der Waals surface area contributed by atoms with Crippen molar-refractivity contribution in [1.82, 2.24) is 9.80 Å². The average molecular weight is 269 g/mol. The molecule has 2 rings (SSSR count). The van der Waals surface area contributed by atoms with E-state index in [1.807, 2.05) is 6.07 Å². The van der Waals surface area contributed by atoms with Crippen molar-refractivity contribution in [1.29, 1.82) is 0 Å². The molecule has 0 aromatic heterocycles. The molecule has 0 saturated carbocycles. The van der Waals surface area contributed by atoms with Crippen LogP contribution >= 0.6 is 11.6 Å². The second-order valence-electron chi connectivity index (χ2n) is 5.02. The summed E-state index contributed by atoms with van der Waals surface area (Å²) in [7, 11) is 2.18. The molecule has 0 radical (unpaired) electrons. The van der Waals surface area contributed by atoms with E-state index >= 15 is 0 Å². The molecule has 1 aromatic carbocycles. The molecule has 1 N–H and O–H groups in total. The Kier molecular flexibility index (Phi) is 4.49. The molecule has 4 heteroatoms. The fraction of sp³-hybridized carbons (Fsp3) is 0.571. The van der Waals surface area contributed by atoms with E-state index in [9.17, 15) is 5.11 Å². The first-order valence-corrected chi connectivity index (χ1v) is 6.88. The molecule has 0 amide bonds. The molecule has 0 spiro atoms. The van der Waals surface area contributed by atoms with Gasteiger partial charge in [0.05, 0.1) is 0 Å². The molecule has 1 saturated heterocycles. The second-order valence-corrected chi connectivity index (χ2v) is 5.42. The summed E-state index contributed by atoms with van der Waals surface area (Å²) in [4.78, 5) is 4.78. The van der Waals surface area contributed by atoms with E-state index in [0.717, 1.165) is 38.2 Å². The van der Waals surface area contributed by atoms with E-state index in [2.05, 4.69) is 23.8 Å². The number of halogens is 1. The maximum Gasteiger partial charge on any atom is 0.121 e. The minimum atomic E-state index is 0.300. The maximum absolute atomic E-state index is 9.88. The normalized spacial score (nSPS) is 22.3. The molecular formula is C14H21ClN2O. The quantitative estimate of drug-likeness (QED) is 0.913. The Balaban J connectivity index is 2.06. The zero-order valence-electron chi connectivity index (χ0n) is 11.1. The van der Waals surface area contributed by atoms with Crippen LogP contribution in [-0.4, -0.2) is 47.6 Å². The number of nitrogens with zero attached hydrogens (tertiary/aromatic N) is 2. The lowest BCUT2D eigenvalue weighted by Gasteiger charge is -2.39. The number of rotatable bonds is 3. The van der Waals surface area contributed by atoms with Gasteiger partial charge in [-0.3, -0.25) is 4.90 Å². The van der Waals surface area contributed by atoms with E-state index in [1.165, 1.54) is 0 Å². The summed E-state index contributed by atoms with van der Waals surface area (Å²) in [5.41, 5.74) is 0.846. The van der Waals surface area contributed by atoms with Crippen molar-refractivity contribution in [3.63, 3.8) is 0 Å². The van der Waals surface area contributed by atoms with E-state index in [0.29, 0.717) is 16.8 Å². The van der Waals surface area contributed by atoms with Gasteiger partial charge in [0.1, 0.15) is 5.75 Å². The van der Waals surface area contributed by atoms with Crippen LogP contribution in [0.4, 0.5) is 0 Å². The first-order valence-electron chi connectivity index (χ1n) is 6.50. The Morgan fingerprint density at radius 3 is 2.83 bits per heavy atom. The smallest absolute Gasteiger partial charge is 0.121 e. The Labute approximate surface area is 114 Å². The lowest BCUT2D eigenvalue weighted by atomic mass is 10.1. The number of hydrogen-bond donors (Lipinski definition) is 1. The molecule has 1 aliphatic heterocycles. The van der Waals surface area contributed by atoms with Gasteiger partial charge in [-0.15, -0.1) is 0 Å².